The summed E-state index contributed by atoms with van der Waals surface area (Å²) >= 11 is 1.27. The predicted molar refractivity (Wildman–Crippen MR) is 76.4 cm³/mol. The minimum atomic E-state index is -0.875. The first-order valence-corrected chi connectivity index (χ1v) is 7.58. The molecule has 4 nitrogen and oxygen atoms in total. The molecule has 0 saturated carbocycles. The van der Waals surface area contributed by atoms with Gasteiger partial charge >= 0.3 is 0 Å². The Labute approximate surface area is 125 Å². The third-order valence-electron chi connectivity index (χ3n) is 3.63. The van der Waals surface area contributed by atoms with E-state index in [0.29, 0.717) is 23.7 Å². The second-order valence-electron chi connectivity index (χ2n) is 5.08. The Kier molecular flexibility index (Phi) is 3.86. The minimum absolute atomic E-state index is 0.215. The van der Waals surface area contributed by atoms with Crippen molar-refractivity contribution in [3.8, 4) is 0 Å². The van der Waals surface area contributed by atoms with E-state index in [1.54, 1.807) is 6.07 Å². The van der Waals surface area contributed by atoms with Crippen molar-refractivity contribution in [1.82, 2.24) is 9.36 Å². The predicted octanol–water partition coefficient (Wildman–Crippen LogP) is 2.69. The number of aliphatic hydroxyl groups is 1. The molecule has 0 spiro atoms. The van der Waals surface area contributed by atoms with Crippen molar-refractivity contribution in [2.24, 2.45) is 0 Å². The van der Waals surface area contributed by atoms with Gasteiger partial charge in [0.2, 0.25) is 5.13 Å². The average Bonchev–Trinajstić information content (AvgIpc) is 3.08. The zero-order valence-corrected chi connectivity index (χ0v) is 12.3. The number of aromatic nitrogens is 2. The summed E-state index contributed by atoms with van der Waals surface area (Å²) in [6.07, 6.45) is 0.687. The van der Waals surface area contributed by atoms with Crippen molar-refractivity contribution < 1.29 is 13.9 Å². The molecule has 7 heteroatoms. The zero-order valence-electron chi connectivity index (χ0n) is 11.5. The average molecular weight is 311 g/mol. The molecular weight excluding hydrogens is 296 g/mol. The maximum atomic E-state index is 13.4. The van der Waals surface area contributed by atoms with Gasteiger partial charge in [-0.2, -0.15) is 4.37 Å². The highest BCUT2D eigenvalue weighted by Gasteiger charge is 2.34. The van der Waals surface area contributed by atoms with Gasteiger partial charge < -0.3 is 10.0 Å². The minimum Gasteiger partial charge on any atom is -0.391 e. The Morgan fingerprint density at radius 1 is 1.38 bits per heavy atom. The van der Waals surface area contributed by atoms with Crippen molar-refractivity contribution in [2.45, 2.75) is 31.9 Å². The van der Waals surface area contributed by atoms with Crippen LogP contribution in [0.5, 0.6) is 0 Å². The lowest BCUT2D eigenvalue weighted by molar-refractivity contribution is 0.194. The van der Waals surface area contributed by atoms with Crippen LogP contribution in [0.2, 0.25) is 0 Å². The maximum absolute atomic E-state index is 13.4. The normalized spacial score (nSPS) is 22.0. The fourth-order valence-electron chi connectivity index (χ4n) is 2.57. The van der Waals surface area contributed by atoms with Gasteiger partial charge in [0.05, 0.1) is 12.1 Å². The largest absolute Gasteiger partial charge is 0.391 e. The van der Waals surface area contributed by atoms with E-state index in [9.17, 15) is 13.9 Å². The molecule has 1 aromatic carbocycles. The smallest absolute Gasteiger partial charge is 0.205 e. The number of anilines is 1. The molecule has 1 aliphatic rings. The molecule has 1 fully saturated rings. The molecule has 2 aromatic rings. The number of β-amino-alcohol motifs (C(OH)–C–C–N with tert-alkyl or cyclic N) is 1. The van der Waals surface area contributed by atoms with Gasteiger partial charge in [0.25, 0.3) is 0 Å². The molecule has 2 heterocycles. The first kappa shape index (κ1) is 14.3. The van der Waals surface area contributed by atoms with Crippen LogP contribution in [0.25, 0.3) is 0 Å². The van der Waals surface area contributed by atoms with Gasteiger partial charge in [-0.05, 0) is 24.1 Å². The number of hydrogen-bond donors (Lipinski definition) is 1. The Morgan fingerprint density at radius 2 is 2.19 bits per heavy atom. The van der Waals surface area contributed by atoms with Crippen LogP contribution < -0.4 is 4.90 Å². The number of hydrogen-bond acceptors (Lipinski definition) is 5. The van der Waals surface area contributed by atoms with Crippen LogP contribution in [0.15, 0.2) is 18.2 Å². The highest BCUT2D eigenvalue weighted by molar-refractivity contribution is 7.09. The monoisotopic (exact) mass is 311 g/mol. The van der Waals surface area contributed by atoms with Gasteiger partial charge in [-0.15, -0.1) is 0 Å². The highest BCUT2D eigenvalue weighted by Crippen LogP contribution is 2.37. The quantitative estimate of drug-likeness (QED) is 0.947. The van der Waals surface area contributed by atoms with E-state index in [0.717, 1.165) is 18.3 Å². The molecule has 0 bridgehead atoms. The molecule has 0 aliphatic carbocycles. The molecule has 21 heavy (non-hydrogen) atoms. The van der Waals surface area contributed by atoms with E-state index in [2.05, 4.69) is 9.36 Å². The zero-order chi connectivity index (χ0) is 15.0. The highest BCUT2D eigenvalue weighted by atomic mass is 32.1. The second kappa shape index (κ2) is 5.65. The van der Waals surface area contributed by atoms with Crippen LogP contribution in [0.1, 0.15) is 30.8 Å². The Morgan fingerprint density at radius 3 is 2.86 bits per heavy atom. The van der Waals surface area contributed by atoms with Crippen LogP contribution in [0.4, 0.5) is 13.9 Å². The number of nitrogens with zero attached hydrogens (tertiary/aromatic N) is 3. The lowest BCUT2D eigenvalue weighted by Crippen LogP contribution is -2.24. The van der Waals surface area contributed by atoms with E-state index < -0.39 is 17.7 Å². The van der Waals surface area contributed by atoms with Gasteiger partial charge in [0.1, 0.15) is 5.82 Å². The molecule has 1 aliphatic heterocycles. The van der Waals surface area contributed by atoms with Crippen LogP contribution in [-0.4, -0.2) is 27.1 Å². The van der Waals surface area contributed by atoms with Crippen molar-refractivity contribution in [3.63, 3.8) is 0 Å². The molecule has 2 atom stereocenters. The number of halogens is 2. The molecule has 1 N–H and O–H groups in total. The standard InChI is InChI=1S/C14H15F2N3OS/c1-2-13-17-14(21-18-13)19-7-9(20)6-12(19)8-3-4-10(15)11(16)5-8/h3-5,9,12,20H,2,6-7H2,1H3/t9-,12+/m0/s1. The molecular formula is C14H15F2N3OS. The van der Waals surface area contributed by atoms with E-state index in [4.69, 9.17) is 0 Å². The summed E-state index contributed by atoms with van der Waals surface area (Å²) < 4.78 is 30.7. The fourth-order valence-corrected chi connectivity index (χ4v) is 3.38. The second-order valence-corrected chi connectivity index (χ2v) is 5.81. The van der Waals surface area contributed by atoms with Crippen molar-refractivity contribution >= 4 is 16.7 Å². The van der Waals surface area contributed by atoms with E-state index in [1.807, 2.05) is 11.8 Å². The van der Waals surface area contributed by atoms with Crippen LogP contribution in [0, 0.1) is 11.6 Å². The van der Waals surface area contributed by atoms with Gasteiger partial charge in [-0.25, -0.2) is 13.8 Å². The number of aliphatic hydroxyl groups excluding tert-OH is 1. The number of aryl methyl sites for hydroxylation is 1. The lowest BCUT2D eigenvalue weighted by atomic mass is 10.0. The van der Waals surface area contributed by atoms with Crippen molar-refractivity contribution in [1.29, 1.82) is 0 Å². The van der Waals surface area contributed by atoms with Gasteiger partial charge in [0, 0.05) is 24.5 Å². The lowest BCUT2D eigenvalue weighted by Gasteiger charge is -2.23. The van der Waals surface area contributed by atoms with E-state index >= 15 is 0 Å². The molecule has 1 saturated heterocycles. The third kappa shape index (κ3) is 2.75. The molecule has 0 radical (unpaired) electrons. The first-order valence-electron chi connectivity index (χ1n) is 6.80. The molecule has 112 valence electrons. The molecule has 1 aromatic heterocycles. The van der Waals surface area contributed by atoms with Crippen molar-refractivity contribution in [2.75, 3.05) is 11.4 Å². The Hall–Kier alpha value is -1.60. The van der Waals surface area contributed by atoms with Gasteiger partial charge in [0.15, 0.2) is 11.6 Å². The topological polar surface area (TPSA) is 49.2 Å². The van der Waals surface area contributed by atoms with Crippen LogP contribution in [0.3, 0.4) is 0 Å². The third-order valence-corrected chi connectivity index (χ3v) is 4.42. The SMILES string of the molecule is CCc1nsc(N2C[C@@H](O)C[C@@H]2c2ccc(F)c(F)c2)n1. The summed E-state index contributed by atoms with van der Waals surface area (Å²) in [4.78, 5) is 6.33. The van der Waals surface area contributed by atoms with Crippen LogP contribution >= 0.6 is 11.5 Å². The van der Waals surface area contributed by atoms with E-state index in [1.165, 1.54) is 17.6 Å². The van der Waals surface area contributed by atoms with Crippen LogP contribution in [-0.2, 0) is 6.42 Å². The molecule has 0 unspecified atom stereocenters. The summed E-state index contributed by atoms with van der Waals surface area (Å²) in [6.45, 7) is 2.39. The summed E-state index contributed by atoms with van der Waals surface area (Å²) in [6, 6.07) is 3.64. The van der Waals surface area contributed by atoms with Gasteiger partial charge in [-0.1, -0.05) is 13.0 Å². The molecule has 3 rings (SSSR count). The summed E-state index contributed by atoms with van der Waals surface area (Å²) in [5.41, 5.74) is 0.638. The van der Waals surface area contributed by atoms with Crippen molar-refractivity contribution in [3.05, 3.63) is 41.2 Å². The maximum Gasteiger partial charge on any atom is 0.205 e. The Bertz CT molecular complexity index is 649. The molecule has 0 amide bonds. The van der Waals surface area contributed by atoms with Gasteiger partial charge in [-0.3, -0.25) is 0 Å². The first-order chi connectivity index (χ1) is 10.1. The number of benzene rings is 1. The number of rotatable bonds is 3. The van der Waals surface area contributed by atoms with E-state index in [-0.39, 0.29) is 6.04 Å². The fraction of sp³-hybridized carbons (Fsp3) is 0.429. The Balaban J connectivity index is 1.93. The summed E-state index contributed by atoms with van der Waals surface area (Å²) in [5, 5.41) is 10.6. The summed E-state index contributed by atoms with van der Waals surface area (Å²) in [7, 11) is 0. The summed E-state index contributed by atoms with van der Waals surface area (Å²) in [5.74, 6) is -0.992.